The number of hydrogen-bond acceptors (Lipinski definition) is 4. The number of hydrogen-bond donors (Lipinski definition) is 1. The summed E-state index contributed by atoms with van der Waals surface area (Å²) in [5.41, 5.74) is 2.16. The topological polar surface area (TPSA) is 72.4 Å². The van der Waals surface area contributed by atoms with Crippen LogP contribution in [-0.2, 0) is 11.8 Å². The van der Waals surface area contributed by atoms with E-state index in [4.69, 9.17) is 9.41 Å². The number of aromatic nitrogens is 2. The summed E-state index contributed by atoms with van der Waals surface area (Å²) in [4.78, 5) is 21.6. The minimum absolute atomic E-state index is 0.215. The van der Waals surface area contributed by atoms with Crippen molar-refractivity contribution < 1.29 is 9.21 Å². The number of nitrogens with zero attached hydrogens (tertiary/aromatic N) is 3. The average molecular weight is 306 g/mol. The maximum absolute atomic E-state index is 12.6. The van der Waals surface area contributed by atoms with Crippen LogP contribution in [0.4, 0.5) is 5.82 Å². The van der Waals surface area contributed by atoms with Gasteiger partial charge >= 0.3 is 0 Å². The van der Waals surface area contributed by atoms with Crippen LogP contribution >= 0.6 is 0 Å². The van der Waals surface area contributed by atoms with Crippen molar-refractivity contribution in [3.63, 3.8) is 0 Å². The Morgan fingerprint density at radius 3 is 2.87 bits per heavy atom. The summed E-state index contributed by atoms with van der Waals surface area (Å²) < 4.78 is 7.40. The summed E-state index contributed by atoms with van der Waals surface area (Å²) >= 11 is 0. The Balaban J connectivity index is 1.93. The van der Waals surface area contributed by atoms with Crippen LogP contribution in [0.1, 0.15) is 23.1 Å². The molecule has 1 aliphatic rings. The standard InChI is InChI=1S/C17H14N4O2/c1-21-9-3-6-12(21)15-17(22)20-16-11(5-2-8-18-16)14(19-15)13-7-4-10-23-13/h2-10,15H,1H3,(H,18,20,22). The highest BCUT2D eigenvalue weighted by molar-refractivity contribution is 6.17. The van der Waals surface area contributed by atoms with E-state index in [2.05, 4.69) is 10.3 Å². The van der Waals surface area contributed by atoms with Crippen molar-refractivity contribution in [3.05, 3.63) is 72.1 Å². The van der Waals surface area contributed by atoms with Gasteiger partial charge < -0.3 is 14.3 Å². The van der Waals surface area contributed by atoms with Gasteiger partial charge in [-0.15, -0.1) is 0 Å². The molecule has 0 aromatic carbocycles. The fraction of sp³-hybridized carbons (Fsp3) is 0.118. The molecular weight excluding hydrogens is 292 g/mol. The molecule has 4 heterocycles. The molecule has 6 nitrogen and oxygen atoms in total. The van der Waals surface area contributed by atoms with Crippen LogP contribution in [0, 0.1) is 0 Å². The van der Waals surface area contributed by atoms with Crippen molar-refractivity contribution in [2.45, 2.75) is 6.04 Å². The van der Waals surface area contributed by atoms with Crippen molar-refractivity contribution in [2.75, 3.05) is 5.32 Å². The van der Waals surface area contributed by atoms with E-state index in [0.717, 1.165) is 11.3 Å². The highest BCUT2D eigenvalue weighted by atomic mass is 16.3. The number of aliphatic imine (C=N–C) groups is 1. The van der Waals surface area contributed by atoms with E-state index in [1.165, 1.54) is 0 Å². The molecule has 3 aromatic heterocycles. The number of rotatable bonds is 2. The van der Waals surface area contributed by atoms with Gasteiger partial charge in [-0.2, -0.15) is 0 Å². The van der Waals surface area contributed by atoms with E-state index in [-0.39, 0.29) is 5.91 Å². The smallest absolute Gasteiger partial charge is 0.256 e. The maximum Gasteiger partial charge on any atom is 0.256 e. The van der Waals surface area contributed by atoms with E-state index in [9.17, 15) is 4.79 Å². The molecule has 0 aliphatic carbocycles. The highest BCUT2D eigenvalue weighted by Crippen LogP contribution is 2.28. The van der Waals surface area contributed by atoms with Gasteiger partial charge in [-0.1, -0.05) is 0 Å². The first-order valence-corrected chi connectivity index (χ1v) is 7.23. The summed E-state index contributed by atoms with van der Waals surface area (Å²) in [5.74, 6) is 0.882. The fourth-order valence-electron chi connectivity index (χ4n) is 2.71. The number of anilines is 1. The summed E-state index contributed by atoms with van der Waals surface area (Å²) in [5, 5.41) is 2.86. The van der Waals surface area contributed by atoms with Crippen LogP contribution in [0.3, 0.4) is 0 Å². The minimum Gasteiger partial charge on any atom is -0.463 e. The SMILES string of the molecule is Cn1cccc1C1N=C(c2ccco2)c2cccnc2NC1=O. The summed E-state index contributed by atoms with van der Waals surface area (Å²) in [6, 6.07) is 10.4. The van der Waals surface area contributed by atoms with Gasteiger partial charge in [0.25, 0.3) is 5.91 Å². The van der Waals surface area contributed by atoms with E-state index in [1.807, 2.05) is 48.1 Å². The zero-order chi connectivity index (χ0) is 15.8. The van der Waals surface area contributed by atoms with Gasteiger partial charge in [-0.25, -0.2) is 4.98 Å². The predicted molar refractivity (Wildman–Crippen MR) is 85.4 cm³/mol. The molecule has 0 saturated carbocycles. The van der Waals surface area contributed by atoms with Crippen molar-refractivity contribution >= 4 is 17.4 Å². The van der Waals surface area contributed by atoms with Gasteiger partial charge in [0, 0.05) is 25.0 Å². The second kappa shape index (κ2) is 5.24. The third kappa shape index (κ3) is 2.24. The summed E-state index contributed by atoms with van der Waals surface area (Å²) in [6.45, 7) is 0. The van der Waals surface area contributed by atoms with Crippen molar-refractivity contribution in [3.8, 4) is 0 Å². The lowest BCUT2D eigenvalue weighted by Gasteiger charge is -2.11. The second-order valence-corrected chi connectivity index (χ2v) is 5.29. The molecule has 1 amide bonds. The minimum atomic E-state index is -0.663. The number of carbonyl (C=O) groups excluding carboxylic acids is 1. The van der Waals surface area contributed by atoms with E-state index in [1.54, 1.807) is 18.5 Å². The van der Waals surface area contributed by atoms with Crippen molar-refractivity contribution in [2.24, 2.45) is 12.0 Å². The van der Waals surface area contributed by atoms with Crippen LogP contribution in [-0.4, -0.2) is 21.2 Å². The van der Waals surface area contributed by atoms with Crippen LogP contribution in [0.25, 0.3) is 0 Å². The number of aryl methyl sites for hydroxylation is 1. The molecule has 1 aliphatic heterocycles. The number of fused-ring (bicyclic) bond motifs is 1. The maximum atomic E-state index is 12.6. The molecule has 3 aromatic rings. The predicted octanol–water partition coefficient (Wildman–Crippen LogP) is 2.54. The average Bonchev–Trinajstić information content (AvgIpc) is 3.19. The zero-order valence-corrected chi connectivity index (χ0v) is 12.4. The summed E-state index contributed by atoms with van der Waals surface area (Å²) in [7, 11) is 1.89. The van der Waals surface area contributed by atoms with E-state index >= 15 is 0 Å². The first kappa shape index (κ1) is 13.5. The molecule has 1 atom stereocenters. The molecule has 23 heavy (non-hydrogen) atoms. The first-order valence-electron chi connectivity index (χ1n) is 7.23. The lowest BCUT2D eigenvalue weighted by molar-refractivity contribution is -0.117. The number of pyridine rings is 1. The third-order valence-electron chi connectivity index (χ3n) is 3.83. The van der Waals surface area contributed by atoms with Gasteiger partial charge in [0.2, 0.25) is 0 Å². The third-order valence-corrected chi connectivity index (χ3v) is 3.83. The van der Waals surface area contributed by atoms with Gasteiger partial charge in [-0.3, -0.25) is 9.79 Å². The molecule has 0 saturated heterocycles. The van der Waals surface area contributed by atoms with Crippen LogP contribution in [0.15, 0.2) is 64.5 Å². The van der Waals surface area contributed by atoms with Crippen LogP contribution in [0.5, 0.6) is 0 Å². The van der Waals surface area contributed by atoms with Gasteiger partial charge in [0.15, 0.2) is 11.8 Å². The molecule has 0 fully saturated rings. The normalized spacial score (nSPS) is 17.2. The quantitative estimate of drug-likeness (QED) is 0.791. The largest absolute Gasteiger partial charge is 0.463 e. The molecule has 1 unspecified atom stereocenters. The van der Waals surface area contributed by atoms with Gasteiger partial charge in [-0.05, 0) is 36.4 Å². The molecule has 1 N–H and O–H groups in total. The van der Waals surface area contributed by atoms with Crippen molar-refractivity contribution in [1.82, 2.24) is 9.55 Å². The van der Waals surface area contributed by atoms with Gasteiger partial charge in [0.1, 0.15) is 11.5 Å². The van der Waals surface area contributed by atoms with Crippen LogP contribution in [0.2, 0.25) is 0 Å². The number of carbonyl (C=O) groups is 1. The molecule has 0 bridgehead atoms. The molecular formula is C17H14N4O2. The van der Waals surface area contributed by atoms with Gasteiger partial charge in [0.05, 0.1) is 12.0 Å². The first-order chi connectivity index (χ1) is 11.2. The lowest BCUT2D eigenvalue weighted by Crippen LogP contribution is -2.21. The second-order valence-electron chi connectivity index (χ2n) is 5.29. The molecule has 6 heteroatoms. The fourth-order valence-corrected chi connectivity index (χ4v) is 2.71. The van der Waals surface area contributed by atoms with E-state index < -0.39 is 6.04 Å². The Bertz CT molecular complexity index is 893. The molecule has 4 rings (SSSR count). The Morgan fingerprint density at radius 1 is 1.22 bits per heavy atom. The Labute approximate surface area is 132 Å². The molecule has 114 valence electrons. The Kier molecular flexibility index (Phi) is 3.08. The number of amides is 1. The summed E-state index contributed by atoms with van der Waals surface area (Å²) in [6.07, 6.45) is 5.12. The number of furan rings is 1. The number of nitrogens with one attached hydrogen (secondary N) is 1. The van der Waals surface area contributed by atoms with Crippen molar-refractivity contribution in [1.29, 1.82) is 0 Å². The Morgan fingerprint density at radius 2 is 2.13 bits per heavy atom. The van der Waals surface area contributed by atoms with E-state index in [0.29, 0.717) is 17.3 Å². The Hall–Kier alpha value is -3.15. The molecule has 0 radical (unpaired) electrons. The monoisotopic (exact) mass is 306 g/mol. The zero-order valence-electron chi connectivity index (χ0n) is 12.4. The highest BCUT2D eigenvalue weighted by Gasteiger charge is 2.29. The lowest BCUT2D eigenvalue weighted by atomic mass is 10.1. The molecule has 0 spiro atoms. The van der Waals surface area contributed by atoms with Crippen LogP contribution < -0.4 is 5.32 Å².